The molecule has 158 valence electrons. The standard InChI is InChI=1S/C24H29N3O3/c1-2-3-12-30-22(28)14-16-4-5-17-6-7-19(15-20(17)13-16)24(29)27-21-10-8-18(9-11-21)23(25)26/h6-11,15-16H,2-5,12-14H2,1H3,(H3,25,26)(H,27,29). The first-order chi connectivity index (χ1) is 14.5. The number of anilines is 1. The van der Waals surface area contributed by atoms with E-state index in [1.807, 2.05) is 18.2 Å². The number of ether oxygens (including phenoxy) is 1. The number of nitrogen functional groups attached to an aromatic ring is 1. The highest BCUT2D eigenvalue weighted by molar-refractivity contribution is 6.04. The maximum absolute atomic E-state index is 12.7. The number of rotatable bonds is 8. The van der Waals surface area contributed by atoms with Crippen LogP contribution in [0.3, 0.4) is 0 Å². The number of nitrogens with one attached hydrogen (secondary N) is 2. The average Bonchev–Trinajstić information content (AvgIpc) is 2.73. The predicted octanol–water partition coefficient (Wildman–Crippen LogP) is 4.06. The molecule has 1 aliphatic carbocycles. The van der Waals surface area contributed by atoms with Crippen LogP contribution in [0.15, 0.2) is 42.5 Å². The van der Waals surface area contributed by atoms with Gasteiger partial charge in [0.05, 0.1) is 6.61 Å². The largest absolute Gasteiger partial charge is 0.466 e. The minimum absolute atomic E-state index is 0.00800. The number of nitrogens with two attached hydrogens (primary N) is 1. The maximum Gasteiger partial charge on any atom is 0.306 e. The van der Waals surface area contributed by atoms with Crippen molar-refractivity contribution in [2.75, 3.05) is 11.9 Å². The molecular formula is C24H29N3O3. The van der Waals surface area contributed by atoms with Gasteiger partial charge in [-0.05, 0) is 79.1 Å². The smallest absolute Gasteiger partial charge is 0.306 e. The zero-order valence-electron chi connectivity index (χ0n) is 17.4. The SMILES string of the molecule is CCCCOC(=O)CC1CCc2ccc(C(=O)Nc3ccc(C(=N)N)cc3)cc2C1. The summed E-state index contributed by atoms with van der Waals surface area (Å²) >= 11 is 0. The summed E-state index contributed by atoms with van der Waals surface area (Å²) in [6.07, 6.45) is 5.00. The lowest BCUT2D eigenvalue weighted by molar-refractivity contribution is -0.145. The van der Waals surface area contributed by atoms with Crippen LogP contribution in [-0.2, 0) is 22.4 Å². The molecule has 1 amide bonds. The Bertz CT molecular complexity index is 922. The number of fused-ring (bicyclic) bond motifs is 1. The molecule has 2 aromatic rings. The Morgan fingerprint density at radius 3 is 2.57 bits per heavy atom. The minimum Gasteiger partial charge on any atom is -0.466 e. The van der Waals surface area contributed by atoms with Crippen molar-refractivity contribution in [1.82, 2.24) is 0 Å². The lowest BCUT2D eigenvalue weighted by Gasteiger charge is -2.24. The molecule has 0 aliphatic heterocycles. The molecule has 0 heterocycles. The number of carbonyl (C=O) groups excluding carboxylic acids is 2. The molecule has 1 atom stereocenters. The van der Waals surface area contributed by atoms with Gasteiger partial charge in [0.15, 0.2) is 0 Å². The van der Waals surface area contributed by atoms with Crippen LogP contribution in [0.25, 0.3) is 0 Å². The van der Waals surface area contributed by atoms with Crippen LogP contribution >= 0.6 is 0 Å². The van der Waals surface area contributed by atoms with E-state index in [0.717, 1.165) is 37.7 Å². The van der Waals surface area contributed by atoms with Gasteiger partial charge >= 0.3 is 5.97 Å². The number of carbonyl (C=O) groups is 2. The van der Waals surface area contributed by atoms with E-state index in [0.29, 0.717) is 29.8 Å². The zero-order chi connectivity index (χ0) is 21.5. The number of aryl methyl sites for hydroxylation is 1. The van der Waals surface area contributed by atoms with Crippen LogP contribution in [0.1, 0.15) is 59.7 Å². The van der Waals surface area contributed by atoms with Crippen molar-refractivity contribution in [3.8, 4) is 0 Å². The third kappa shape index (κ3) is 5.69. The summed E-state index contributed by atoms with van der Waals surface area (Å²) in [7, 11) is 0. The molecule has 0 spiro atoms. The van der Waals surface area contributed by atoms with Gasteiger partial charge in [0.2, 0.25) is 0 Å². The third-order valence-electron chi connectivity index (χ3n) is 5.47. The third-order valence-corrected chi connectivity index (χ3v) is 5.47. The second kappa shape index (κ2) is 10.1. The molecule has 1 unspecified atom stereocenters. The number of hydrogen-bond acceptors (Lipinski definition) is 4. The van der Waals surface area contributed by atoms with Crippen molar-refractivity contribution in [2.45, 2.75) is 45.4 Å². The Morgan fingerprint density at radius 1 is 1.13 bits per heavy atom. The molecule has 0 aromatic heterocycles. The van der Waals surface area contributed by atoms with Crippen molar-refractivity contribution in [2.24, 2.45) is 11.7 Å². The highest BCUT2D eigenvalue weighted by Gasteiger charge is 2.23. The summed E-state index contributed by atoms with van der Waals surface area (Å²) in [5, 5.41) is 10.3. The lowest BCUT2D eigenvalue weighted by atomic mass is 9.81. The number of amides is 1. The summed E-state index contributed by atoms with van der Waals surface area (Å²) in [6, 6.07) is 12.7. The van der Waals surface area contributed by atoms with E-state index in [9.17, 15) is 9.59 Å². The quantitative estimate of drug-likeness (QED) is 0.265. The normalized spacial score (nSPS) is 15.2. The van der Waals surface area contributed by atoms with Crippen molar-refractivity contribution in [1.29, 1.82) is 5.41 Å². The first kappa shape index (κ1) is 21.6. The van der Waals surface area contributed by atoms with E-state index in [-0.39, 0.29) is 23.6 Å². The topological polar surface area (TPSA) is 105 Å². The van der Waals surface area contributed by atoms with E-state index >= 15 is 0 Å². The summed E-state index contributed by atoms with van der Waals surface area (Å²) < 4.78 is 5.30. The van der Waals surface area contributed by atoms with Gasteiger partial charge in [0.1, 0.15) is 5.84 Å². The monoisotopic (exact) mass is 407 g/mol. The number of benzene rings is 2. The molecule has 0 saturated carbocycles. The summed E-state index contributed by atoms with van der Waals surface area (Å²) in [5.41, 5.74) is 9.69. The van der Waals surface area contributed by atoms with E-state index in [2.05, 4.69) is 12.2 Å². The predicted molar refractivity (Wildman–Crippen MR) is 118 cm³/mol. The van der Waals surface area contributed by atoms with E-state index in [1.165, 1.54) is 5.56 Å². The van der Waals surface area contributed by atoms with E-state index < -0.39 is 0 Å². The number of unbranched alkanes of at least 4 members (excludes halogenated alkanes) is 1. The van der Waals surface area contributed by atoms with Crippen LogP contribution < -0.4 is 11.1 Å². The fraction of sp³-hybridized carbons (Fsp3) is 0.375. The van der Waals surface area contributed by atoms with Gasteiger partial charge in [-0.25, -0.2) is 0 Å². The maximum atomic E-state index is 12.7. The van der Waals surface area contributed by atoms with Gasteiger partial charge in [0, 0.05) is 23.2 Å². The molecule has 1 aliphatic rings. The van der Waals surface area contributed by atoms with Crippen LogP contribution in [-0.4, -0.2) is 24.3 Å². The molecule has 0 radical (unpaired) electrons. The Kier molecular flexibility index (Phi) is 7.22. The van der Waals surface area contributed by atoms with Crippen LogP contribution in [0.5, 0.6) is 0 Å². The zero-order valence-corrected chi connectivity index (χ0v) is 17.4. The molecule has 0 saturated heterocycles. The van der Waals surface area contributed by atoms with Gasteiger partial charge in [0.25, 0.3) is 5.91 Å². The van der Waals surface area contributed by atoms with Crippen molar-refractivity contribution >= 4 is 23.4 Å². The van der Waals surface area contributed by atoms with Gasteiger partial charge in [-0.2, -0.15) is 0 Å². The Hall–Kier alpha value is -3.15. The molecule has 30 heavy (non-hydrogen) atoms. The Labute approximate surface area is 177 Å². The summed E-state index contributed by atoms with van der Waals surface area (Å²) in [4.78, 5) is 24.7. The number of esters is 1. The van der Waals surface area contributed by atoms with E-state index in [1.54, 1.807) is 24.3 Å². The first-order valence-corrected chi connectivity index (χ1v) is 10.5. The molecule has 0 bridgehead atoms. The molecule has 3 rings (SSSR count). The Morgan fingerprint density at radius 2 is 1.87 bits per heavy atom. The fourth-order valence-corrected chi connectivity index (χ4v) is 3.71. The summed E-state index contributed by atoms with van der Waals surface area (Å²) in [6.45, 7) is 2.57. The van der Waals surface area contributed by atoms with Crippen LogP contribution in [0.4, 0.5) is 5.69 Å². The number of amidine groups is 1. The lowest BCUT2D eigenvalue weighted by Crippen LogP contribution is -2.20. The van der Waals surface area contributed by atoms with Crippen molar-refractivity contribution in [3.63, 3.8) is 0 Å². The molecule has 6 heteroatoms. The molecule has 2 aromatic carbocycles. The first-order valence-electron chi connectivity index (χ1n) is 10.5. The van der Waals surface area contributed by atoms with Gasteiger partial charge in [-0.3, -0.25) is 15.0 Å². The van der Waals surface area contributed by atoms with E-state index in [4.69, 9.17) is 15.9 Å². The van der Waals surface area contributed by atoms with Gasteiger partial charge in [-0.15, -0.1) is 0 Å². The van der Waals surface area contributed by atoms with Crippen LogP contribution in [0, 0.1) is 11.3 Å². The fourth-order valence-electron chi connectivity index (χ4n) is 3.71. The Balaban J connectivity index is 1.61. The van der Waals surface area contributed by atoms with Crippen LogP contribution in [0.2, 0.25) is 0 Å². The van der Waals surface area contributed by atoms with Gasteiger partial charge in [-0.1, -0.05) is 19.4 Å². The molecule has 6 nitrogen and oxygen atoms in total. The number of hydrogen-bond donors (Lipinski definition) is 3. The molecule has 4 N–H and O–H groups in total. The highest BCUT2D eigenvalue weighted by Crippen LogP contribution is 2.29. The van der Waals surface area contributed by atoms with Gasteiger partial charge < -0.3 is 15.8 Å². The van der Waals surface area contributed by atoms with Crippen molar-refractivity contribution in [3.05, 3.63) is 64.7 Å². The molecule has 0 fully saturated rings. The molecular weight excluding hydrogens is 378 g/mol. The highest BCUT2D eigenvalue weighted by atomic mass is 16.5. The average molecular weight is 408 g/mol. The second-order valence-electron chi connectivity index (χ2n) is 7.82. The van der Waals surface area contributed by atoms with Crippen molar-refractivity contribution < 1.29 is 14.3 Å². The second-order valence-corrected chi connectivity index (χ2v) is 7.82. The minimum atomic E-state index is -0.186. The summed E-state index contributed by atoms with van der Waals surface area (Å²) in [5.74, 6) is -0.0651.